The molecule has 0 saturated carbocycles. The summed E-state index contributed by atoms with van der Waals surface area (Å²) >= 11 is 1.63. The summed E-state index contributed by atoms with van der Waals surface area (Å²) in [5.74, 6) is 0. The average molecular weight is 257 g/mol. The van der Waals surface area contributed by atoms with Crippen molar-refractivity contribution in [1.29, 1.82) is 0 Å². The van der Waals surface area contributed by atoms with Gasteiger partial charge in [-0.05, 0) is 36.1 Å². The van der Waals surface area contributed by atoms with Crippen molar-refractivity contribution in [1.82, 2.24) is 4.98 Å². The average Bonchev–Trinajstić information content (AvgIpc) is 2.71. The van der Waals surface area contributed by atoms with Crippen molar-refractivity contribution in [3.8, 4) is 0 Å². The lowest BCUT2D eigenvalue weighted by Gasteiger charge is -2.12. The lowest BCUT2D eigenvalue weighted by molar-refractivity contribution is 0.215. The number of rotatable bonds is 1. The molecule has 92 valence electrons. The maximum Gasteiger partial charge on any atom is 0.123 e. The summed E-state index contributed by atoms with van der Waals surface area (Å²) in [4.78, 5) is 5.52. The van der Waals surface area contributed by atoms with Crippen molar-refractivity contribution in [3.05, 3.63) is 50.5 Å². The molecular formula is C15H15NOS. The van der Waals surface area contributed by atoms with Crippen LogP contribution in [0.5, 0.6) is 0 Å². The minimum atomic E-state index is -0.610. The minimum absolute atomic E-state index is 0.610. The second kappa shape index (κ2) is 4.34. The Kier molecular flexibility index (Phi) is 2.80. The van der Waals surface area contributed by atoms with Gasteiger partial charge in [-0.25, -0.2) is 4.98 Å². The first-order valence-electron chi connectivity index (χ1n) is 6.15. The number of thiazole rings is 1. The molecule has 18 heavy (non-hydrogen) atoms. The number of hydrogen-bond donors (Lipinski definition) is 1. The Morgan fingerprint density at radius 3 is 2.94 bits per heavy atom. The topological polar surface area (TPSA) is 33.1 Å². The van der Waals surface area contributed by atoms with E-state index in [4.69, 9.17) is 0 Å². The van der Waals surface area contributed by atoms with Crippen LogP contribution in [0.15, 0.2) is 18.2 Å². The maximum atomic E-state index is 10.5. The van der Waals surface area contributed by atoms with E-state index in [0.717, 1.165) is 33.1 Å². The Morgan fingerprint density at radius 2 is 2.17 bits per heavy atom. The third-order valence-electron chi connectivity index (χ3n) is 3.32. The van der Waals surface area contributed by atoms with Crippen molar-refractivity contribution in [3.63, 3.8) is 0 Å². The van der Waals surface area contributed by atoms with Crippen LogP contribution < -0.4 is 0 Å². The lowest BCUT2D eigenvalue weighted by Crippen LogP contribution is -2.03. The van der Waals surface area contributed by atoms with Gasteiger partial charge < -0.3 is 5.11 Å². The number of aliphatic hydroxyl groups is 1. The summed E-state index contributed by atoms with van der Waals surface area (Å²) < 4.78 is 0. The molecule has 0 aliphatic heterocycles. The van der Waals surface area contributed by atoms with Crippen LogP contribution in [0.25, 0.3) is 12.2 Å². The molecule has 1 aromatic heterocycles. The zero-order valence-electron chi connectivity index (χ0n) is 10.5. The van der Waals surface area contributed by atoms with E-state index in [1.54, 1.807) is 11.3 Å². The van der Waals surface area contributed by atoms with Crippen LogP contribution in [-0.2, 0) is 6.42 Å². The molecule has 1 N–H and O–H groups in total. The number of aliphatic hydroxyl groups excluding tert-OH is 1. The summed E-state index contributed by atoms with van der Waals surface area (Å²) in [6.45, 7) is 4.11. The number of benzene rings is 1. The van der Waals surface area contributed by atoms with Crippen molar-refractivity contribution < 1.29 is 5.11 Å². The molecule has 3 heteroatoms. The SMILES string of the molecule is CCc1ccc2c(c1)C=Cc1sc(C)nc1C2O. The van der Waals surface area contributed by atoms with Crippen molar-refractivity contribution in [2.24, 2.45) is 0 Å². The smallest absolute Gasteiger partial charge is 0.123 e. The van der Waals surface area contributed by atoms with E-state index in [1.807, 2.05) is 13.0 Å². The molecule has 0 radical (unpaired) electrons. The van der Waals surface area contributed by atoms with Gasteiger partial charge in [0.05, 0.1) is 15.6 Å². The first-order chi connectivity index (χ1) is 8.69. The van der Waals surface area contributed by atoms with Gasteiger partial charge in [0.15, 0.2) is 0 Å². The molecule has 0 fully saturated rings. The molecular weight excluding hydrogens is 242 g/mol. The standard InChI is InChI=1S/C15H15NOS/c1-3-10-4-6-12-11(8-10)5-7-13-14(15(12)17)16-9(2)18-13/h4-8,15,17H,3H2,1-2H3. The van der Waals surface area contributed by atoms with Crippen LogP contribution in [-0.4, -0.2) is 10.1 Å². The quantitative estimate of drug-likeness (QED) is 0.847. The molecule has 2 nitrogen and oxygen atoms in total. The van der Waals surface area contributed by atoms with Gasteiger partial charge in [-0.1, -0.05) is 31.2 Å². The van der Waals surface area contributed by atoms with E-state index in [1.165, 1.54) is 5.56 Å². The lowest BCUT2D eigenvalue weighted by atomic mass is 9.98. The van der Waals surface area contributed by atoms with Crippen LogP contribution in [0, 0.1) is 6.92 Å². The van der Waals surface area contributed by atoms with E-state index < -0.39 is 6.10 Å². The molecule has 1 aliphatic rings. The summed E-state index contributed by atoms with van der Waals surface area (Å²) in [5.41, 5.74) is 4.13. The Balaban J connectivity index is 2.17. The van der Waals surface area contributed by atoms with E-state index in [0.29, 0.717) is 0 Å². The van der Waals surface area contributed by atoms with Gasteiger partial charge in [-0.15, -0.1) is 11.3 Å². The fraction of sp³-hybridized carbons (Fsp3) is 0.267. The van der Waals surface area contributed by atoms with Gasteiger partial charge in [0.1, 0.15) is 6.10 Å². The number of nitrogens with zero attached hydrogens (tertiary/aromatic N) is 1. The summed E-state index contributed by atoms with van der Waals surface area (Å²) in [6.07, 6.45) is 4.55. The number of fused-ring (bicyclic) bond motifs is 2. The first kappa shape index (κ1) is 11.6. The van der Waals surface area contributed by atoms with Crippen molar-refractivity contribution in [2.75, 3.05) is 0 Å². The highest BCUT2D eigenvalue weighted by molar-refractivity contribution is 7.12. The largest absolute Gasteiger partial charge is 0.382 e. The van der Waals surface area contributed by atoms with Gasteiger partial charge in [-0.3, -0.25) is 0 Å². The third-order valence-corrected chi connectivity index (χ3v) is 4.27. The Labute approximate surface area is 111 Å². The van der Waals surface area contributed by atoms with Crippen LogP contribution in [0.1, 0.15) is 45.3 Å². The zero-order chi connectivity index (χ0) is 12.7. The number of aryl methyl sites for hydroxylation is 2. The molecule has 1 aromatic carbocycles. The molecule has 0 bridgehead atoms. The summed E-state index contributed by atoms with van der Waals surface area (Å²) in [6, 6.07) is 6.26. The number of aromatic nitrogens is 1. The Bertz CT molecular complexity index is 627. The molecule has 1 atom stereocenters. The van der Waals surface area contributed by atoms with Gasteiger partial charge >= 0.3 is 0 Å². The first-order valence-corrected chi connectivity index (χ1v) is 6.97. The molecule has 1 unspecified atom stereocenters. The minimum Gasteiger partial charge on any atom is -0.382 e. The van der Waals surface area contributed by atoms with Crippen molar-refractivity contribution >= 4 is 23.5 Å². The fourth-order valence-corrected chi connectivity index (χ4v) is 3.18. The fourth-order valence-electron chi connectivity index (χ4n) is 2.32. The Morgan fingerprint density at radius 1 is 1.33 bits per heavy atom. The van der Waals surface area contributed by atoms with Crippen LogP contribution >= 0.6 is 11.3 Å². The predicted octanol–water partition coefficient (Wildman–Crippen LogP) is 3.58. The zero-order valence-corrected chi connectivity index (χ0v) is 11.3. The molecule has 1 heterocycles. The Hall–Kier alpha value is -1.45. The highest BCUT2D eigenvalue weighted by atomic mass is 32.1. The molecule has 0 amide bonds. The van der Waals surface area contributed by atoms with Gasteiger partial charge in [0.25, 0.3) is 0 Å². The second-order valence-electron chi connectivity index (χ2n) is 4.54. The monoisotopic (exact) mass is 257 g/mol. The van der Waals surface area contributed by atoms with Gasteiger partial charge in [-0.2, -0.15) is 0 Å². The summed E-state index contributed by atoms with van der Waals surface area (Å²) in [7, 11) is 0. The second-order valence-corrected chi connectivity index (χ2v) is 5.77. The molecule has 0 saturated heterocycles. The van der Waals surface area contributed by atoms with Crippen molar-refractivity contribution in [2.45, 2.75) is 26.4 Å². The highest BCUT2D eigenvalue weighted by Gasteiger charge is 2.22. The van der Waals surface area contributed by atoms with Gasteiger partial charge in [0.2, 0.25) is 0 Å². The highest BCUT2D eigenvalue weighted by Crippen LogP contribution is 2.35. The molecule has 0 spiro atoms. The molecule has 2 aromatic rings. The third kappa shape index (κ3) is 1.80. The van der Waals surface area contributed by atoms with E-state index in [2.05, 4.69) is 36.2 Å². The normalized spacial score (nSPS) is 17.2. The van der Waals surface area contributed by atoms with E-state index >= 15 is 0 Å². The van der Waals surface area contributed by atoms with Gasteiger partial charge in [0, 0.05) is 0 Å². The molecule has 1 aliphatic carbocycles. The molecule has 3 rings (SSSR count). The summed E-state index contributed by atoms with van der Waals surface area (Å²) in [5, 5.41) is 11.5. The predicted molar refractivity (Wildman–Crippen MR) is 75.7 cm³/mol. The van der Waals surface area contributed by atoms with E-state index in [-0.39, 0.29) is 0 Å². The number of hydrogen-bond acceptors (Lipinski definition) is 3. The maximum absolute atomic E-state index is 10.5. The van der Waals surface area contributed by atoms with Crippen LogP contribution in [0.4, 0.5) is 0 Å². The van der Waals surface area contributed by atoms with E-state index in [9.17, 15) is 5.11 Å². The van der Waals surface area contributed by atoms with Crippen LogP contribution in [0.3, 0.4) is 0 Å². The van der Waals surface area contributed by atoms with Crippen LogP contribution in [0.2, 0.25) is 0 Å².